The molecule has 0 spiro atoms. The lowest BCUT2D eigenvalue weighted by Gasteiger charge is -2.29. The Kier molecular flexibility index (Phi) is 3.95. The van der Waals surface area contributed by atoms with E-state index in [4.69, 9.17) is 5.73 Å². The molecular formula is C9H20N. The summed E-state index contributed by atoms with van der Waals surface area (Å²) in [4.78, 5) is 0. The maximum Gasteiger partial charge on any atom is -0.00744 e. The van der Waals surface area contributed by atoms with E-state index in [0.717, 1.165) is 19.4 Å². The Morgan fingerprint density at radius 2 is 1.90 bits per heavy atom. The average molecular weight is 142 g/mol. The number of hydrogen-bond donors (Lipinski definition) is 1. The first kappa shape index (κ1) is 9.96. The third-order valence-corrected chi connectivity index (χ3v) is 2.09. The molecule has 0 aliphatic rings. The second kappa shape index (κ2) is 3.97. The quantitative estimate of drug-likeness (QED) is 0.642. The topological polar surface area (TPSA) is 26.0 Å². The molecule has 1 heteroatoms. The van der Waals surface area contributed by atoms with Crippen LogP contribution in [0.15, 0.2) is 0 Å². The van der Waals surface area contributed by atoms with Gasteiger partial charge in [0.05, 0.1) is 0 Å². The lowest BCUT2D eigenvalue weighted by molar-refractivity contribution is 0.230. The SMILES string of the molecule is [CH2]CC(CCN)C(C)(C)C. The fourth-order valence-electron chi connectivity index (χ4n) is 1.21. The van der Waals surface area contributed by atoms with E-state index in [-0.39, 0.29) is 0 Å². The first-order valence-electron chi connectivity index (χ1n) is 4.01. The van der Waals surface area contributed by atoms with Crippen molar-refractivity contribution < 1.29 is 0 Å². The zero-order chi connectivity index (χ0) is 8.20. The Balaban J connectivity index is 3.81. The zero-order valence-electron chi connectivity index (χ0n) is 7.48. The van der Waals surface area contributed by atoms with E-state index in [2.05, 4.69) is 27.7 Å². The van der Waals surface area contributed by atoms with Gasteiger partial charge in [0, 0.05) is 0 Å². The molecule has 0 aromatic rings. The molecule has 0 fully saturated rings. The van der Waals surface area contributed by atoms with E-state index in [1.165, 1.54) is 0 Å². The van der Waals surface area contributed by atoms with Gasteiger partial charge >= 0.3 is 0 Å². The second-order valence-corrected chi connectivity index (χ2v) is 3.93. The Morgan fingerprint density at radius 1 is 1.40 bits per heavy atom. The van der Waals surface area contributed by atoms with Crippen LogP contribution in [0.1, 0.15) is 33.6 Å². The van der Waals surface area contributed by atoms with Crippen molar-refractivity contribution in [1.82, 2.24) is 0 Å². The van der Waals surface area contributed by atoms with Crippen LogP contribution in [0.2, 0.25) is 0 Å². The molecule has 0 saturated heterocycles. The highest BCUT2D eigenvalue weighted by atomic mass is 14.5. The summed E-state index contributed by atoms with van der Waals surface area (Å²) in [5.74, 6) is 0.678. The normalized spacial score (nSPS) is 15.3. The van der Waals surface area contributed by atoms with E-state index in [9.17, 15) is 0 Å². The number of rotatable bonds is 3. The predicted molar refractivity (Wildman–Crippen MR) is 46.6 cm³/mol. The highest BCUT2D eigenvalue weighted by Crippen LogP contribution is 2.30. The van der Waals surface area contributed by atoms with Crippen molar-refractivity contribution in [1.29, 1.82) is 0 Å². The van der Waals surface area contributed by atoms with Gasteiger partial charge in [-0.2, -0.15) is 0 Å². The molecule has 0 rings (SSSR count). The van der Waals surface area contributed by atoms with Crippen LogP contribution in [-0.4, -0.2) is 6.54 Å². The molecule has 10 heavy (non-hydrogen) atoms. The van der Waals surface area contributed by atoms with Crippen molar-refractivity contribution in [2.24, 2.45) is 17.1 Å². The van der Waals surface area contributed by atoms with Crippen LogP contribution < -0.4 is 5.73 Å². The van der Waals surface area contributed by atoms with Gasteiger partial charge in [0.15, 0.2) is 0 Å². The van der Waals surface area contributed by atoms with Gasteiger partial charge < -0.3 is 5.73 Å². The summed E-state index contributed by atoms with van der Waals surface area (Å²) in [6.07, 6.45) is 2.10. The van der Waals surface area contributed by atoms with E-state index >= 15 is 0 Å². The molecule has 0 aliphatic carbocycles. The van der Waals surface area contributed by atoms with Crippen molar-refractivity contribution >= 4 is 0 Å². The highest BCUT2D eigenvalue weighted by Gasteiger charge is 2.21. The molecule has 0 amide bonds. The third-order valence-electron chi connectivity index (χ3n) is 2.09. The summed E-state index contributed by atoms with van der Waals surface area (Å²) >= 11 is 0. The molecule has 2 N–H and O–H groups in total. The van der Waals surface area contributed by atoms with Crippen LogP contribution in [0.25, 0.3) is 0 Å². The molecule has 0 aromatic heterocycles. The van der Waals surface area contributed by atoms with Crippen LogP contribution in [0.3, 0.4) is 0 Å². The van der Waals surface area contributed by atoms with Crippen LogP contribution in [0.4, 0.5) is 0 Å². The fraction of sp³-hybridized carbons (Fsp3) is 0.889. The summed E-state index contributed by atoms with van der Waals surface area (Å²) in [5, 5.41) is 0. The first-order valence-corrected chi connectivity index (χ1v) is 4.01. The van der Waals surface area contributed by atoms with E-state index in [1.54, 1.807) is 0 Å². The Bertz CT molecular complexity index is 81.2. The first-order chi connectivity index (χ1) is 4.52. The van der Waals surface area contributed by atoms with Crippen molar-refractivity contribution in [2.45, 2.75) is 33.6 Å². The predicted octanol–water partition coefficient (Wildman–Crippen LogP) is 2.22. The van der Waals surface area contributed by atoms with Gasteiger partial charge in [-0.15, -0.1) is 0 Å². The minimum Gasteiger partial charge on any atom is -0.330 e. The van der Waals surface area contributed by atoms with Gasteiger partial charge in [-0.05, 0) is 30.7 Å². The lowest BCUT2D eigenvalue weighted by Crippen LogP contribution is -2.22. The summed E-state index contributed by atoms with van der Waals surface area (Å²) in [6, 6.07) is 0. The molecule has 0 saturated carbocycles. The van der Waals surface area contributed by atoms with Gasteiger partial charge in [-0.3, -0.25) is 0 Å². The highest BCUT2D eigenvalue weighted by molar-refractivity contribution is 4.74. The van der Waals surface area contributed by atoms with Crippen molar-refractivity contribution in [3.8, 4) is 0 Å². The van der Waals surface area contributed by atoms with Gasteiger partial charge in [-0.25, -0.2) is 0 Å². The van der Waals surface area contributed by atoms with E-state index < -0.39 is 0 Å². The summed E-state index contributed by atoms with van der Waals surface area (Å²) in [5.41, 5.74) is 5.85. The molecule has 1 unspecified atom stereocenters. The van der Waals surface area contributed by atoms with Gasteiger partial charge in [0.25, 0.3) is 0 Å². The van der Waals surface area contributed by atoms with E-state index in [0.29, 0.717) is 11.3 Å². The second-order valence-electron chi connectivity index (χ2n) is 3.93. The van der Waals surface area contributed by atoms with Gasteiger partial charge in [-0.1, -0.05) is 27.7 Å². The minimum absolute atomic E-state index is 0.376. The van der Waals surface area contributed by atoms with Crippen LogP contribution >= 0.6 is 0 Å². The number of hydrogen-bond acceptors (Lipinski definition) is 1. The molecule has 1 radical (unpaired) electrons. The molecule has 1 nitrogen and oxygen atoms in total. The van der Waals surface area contributed by atoms with Crippen LogP contribution in [-0.2, 0) is 0 Å². The standard InChI is InChI=1S/C9H20N/c1-5-8(6-7-10)9(2,3)4/h8H,1,5-7,10H2,2-4H3. The largest absolute Gasteiger partial charge is 0.330 e. The molecule has 0 bridgehead atoms. The zero-order valence-corrected chi connectivity index (χ0v) is 7.48. The average Bonchev–Trinajstić information content (AvgIpc) is 1.80. The van der Waals surface area contributed by atoms with Gasteiger partial charge in [0.1, 0.15) is 0 Å². The monoisotopic (exact) mass is 142 g/mol. The summed E-state index contributed by atoms with van der Waals surface area (Å²) < 4.78 is 0. The molecule has 0 aliphatic heterocycles. The maximum atomic E-state index is 5.47. The Hall–Kier alpha value is -0.0400. The Morgan fingerprint density at radius 3 is 2.00 bits per heavy atom. The van der Waals surface area contributed by atoms with Gasteiger partial charge in [0.2, 0.25) is 0 Å². The van der Waals surface area contributed by atoms with Crippen molar-refractivity contribution in [2.75, 3.05) is 6.54 Å². The van der Waals surface area contributed by atoms with Crippen molar-refractivity contribution in [3.05, 3.63) is 6.92 Å². The van der Waals surface area contributed by atoms with Crippen LogP contribution in [0.5, 0.6) is 0 Å². The molecule has 0 heterocycles. The summed E-state index contributed by atoms with van der Waals surface area (Å²) in [6.45, 7) is 11.5. The summed E-state index contributed by atoms with van der Waals surface area (Å²) in [7, 11) is 0. The van der Waals surface area contributed by atoms with Crippen molar-refractivity contribution in [3.63, 3.8) is 0 Å². The Labute approximate surface area is 65.0 Å². The minimum atomic E-state index is 0.376. The molecule has 61 valence electrons. The van der Waals surface area contributed by atoms with E-state index in [1.807, 2.05) is 0 Å². The third kappa shape index (κ3) is 3.21. The van der Waals surface area contributed by atoms with Crippen LogP contribution in [0, 0.1) is 18.3 Å². The molecule has 1 atom stereocenters. The fourth-order valence-corrected chi connectivity index (χ4v) is 1.21. The smallest absolute Gasteiger partial charge is 0.00744 e. The molecule has 0 aromatic carbocycles. The lowest BCUT2D eigenvalue weighted by atomic mass is 9.77. The number of nitrogens with two attached hydrogens (primary N) is 1. The maximum absolute atomic E-state index is 5.47. The molecular weight excluding hydrogens is 122 g/mol.